The smallest absolute Gasteiger partial charge is 0.349 e. The van der Waals surface area contributed by atoms with Crippen LogP contribution in [0.25, 0.3) is 22.2 Å². The lowest BCUT2D eigenvalue weighted by Crippen LogP contribution is -2.33. The van der Waals surface area contributed by atoms with Crippen LogP contribution in [0.4, 0.5) is 0 Å². The summed E-state index contributed by atoms with van der Waals surface area (Å²) in [6.45, 7) is 2.01. The summed E-state index contributed by atoms with van der Waals surface area (Å²) in [5.41, 5.74) is 1.69. The van der Waals surface area contributed by atoms with E-state index in [1.807, 2.05) is 73.7 Å². The largest absolute Gasteiger partial charge is 0.465 e. The van der Waals surface area contributed by atoms with Gasteiger partial charge < -0.3 is 9.73 Å². The van der Waals surface area contributed by atoms with Gasteiger partial charge in [0.25, 0.3) is 0 Å². The van der Waals surface area contributed by atoms with Crippen LogP contribution in [-0.4, -0.2) is 15.5 Å². The maximum atomic E-state index is 12.7. The van der Waals surface area contributed by atoms with Gasteiger partial charge in [-0.05, 0) is 25.1 Å². The third-order valence-corrected chi connectivity index (χ3v) is 4.49. The molecule has 0 bridgehead atoms. The first-order valence-corrected chi connectivity index (χ1v) is 8.99. The van der Waals surface area contributed by atoms with Crippen LogP contribution in [-0.2, 0) is 17.9 Å². The number of carbonyl (C=O) groups excluding carboxylic acids is 1. The van der Waals surface area contributed by atoms with Crippen molar-refractivity contribution in [1.29, 1.82) is 0 Å². The minimum absolute atomic E-state index is 0.110. The number of aryl methyl sites for hydroxylation is 1. The molecule has 0 aliphatic heterocycles. The van der Waals surface area contributed by atoms with E-state index in [0.717, 1.165) is 16.7 Å². The van der Waals surface area contributed by atoms with Crippen molar-refractivity contribution in [3.05, 3.63) is 88.7 Å². The Morgan fingerprint density at radius 1 is 1.04 bits per heavy atom. The van der Waals surface area contributed by atoms with Crippen molar-refractivity contribution in [3.63, 3.8) is 0 Å². The van der Waals surface area contributed by atoms with Gasteiger partial charge in [0, 0.05) is 10.9 Å². The first kappa shape index (κ1) is 17.7. The second kappa shape index (κ2) is 7.52. The number of aromatic nitrogens is 2. The average Bonchev–Trinajstić information content (AvgIpc) is 3.14. The highest BCUT2D eigenvalue weighted by atomic mass is 16.3. The summed E-state index contributed by atoms with van der Waals surface area (Å²) in [5, 5.41) is 3.60. The first-order valence-electron chi connectivity index (χ1n) is 8.99. The van der Waals surface area contributed by atoms with Crippen molar-refractivity contribution < 1.29 is 9.21 Å². The van der Waals surface area contributed by atoms with E-state index in [9.17, 15) is 9.59 Å². The lowest BCUT2D eigenvalue weighted by Gasteiger charge is -2.12. The zero-order valence-electron chi connectivity index (χ0n) is 15.4. The van der Waals surface area contributed by atoms with E-state index in [1.54, 1.807) is 0 Å². The maximum Gasteiger partial charge on any atom is 0.349 e. The molecule has 6 heteroatoms. The van der Waals surface area contributed by atoms with Gasteiger partial charge in [-0.2, -0.15) is 4.98 Å². The van der Waals surface area contributed by atoms with E-state index in [1.165, 1.54) is 4.57 Å². The van der Waals surface area contributed by atoms with Crippen LogP contribution in [0.2, 0.25) is 0 Å². The van der Waals surface area contributed by atoms with Crippen LogP contribution in [0, 0.1) is 6.92 Å². The lowest BCUT2D eigenvalue weighted by atomic mass is 10.1. The van der Waals surface area contributed by atoms with Gasteiger partial charge in [-0.25, -0.2) is 4.79 Å². The standard InChI is InChI=1S/C22H19N3O3/c1-15-11-12-17(28-15)13-23-20(26)14-25-19-10-6-5-9-18(19)21(24-22(25)27)16-7-3-2-4-8-16/h2-12H,13-14H2,1H3,(H,23,26). The highest BCUT2D eigenvalue weighted by molar-refractivity contribution is 5.93. The number of nitrogens with zero attached hydrogens (tertiary/aromatic N) is 2. The summed E-state index contributed by atoms with van der Waals surface area (Å²) < 4.78 is 6.84. The van der Waals surface area contributed by atoms with Gasteiger partial charge in [0.15, 0.2) is 0 Å². The number of carbonyl (C=O) groups is 1. The molecule has 0 saturated heterocycles. The van der Waals surface area contributed by atoms with E-state index in [-0.39, 0.29) is 19.0 Å². The van der Waals surface area contributed by atoms with Gasteiger partial charge in [0.1, 0.15) is 18.1 Å². The van der Waals surface area contributed by atoms with Crippen molar-refractivity contribution in [2.45, 2.75) is 20.0 Å². The number of rotatable bonds is 5. The number of furan rings is 1. The number of para-hydroxylation sites is 1. The first-order chi connectivity index (χ1) is 13.6. The topological polar surface area (TPSA) is 77.1 Å². The molecular weight excluding hydrogens is 354 g/mol. The molecule has 2 heterocycles. The van der Waals surface area contributed by atoms with Gasteiger partial charge in [-0.1, -0.05) is 48.5 Å². The molecule has 0 aliphatic rings. The summed E-state index contributed by atoms with van der Waals surface area (Å²) in [6, 6.07) is 20.7. The lowest BCUT2D eigenvalue weighted by molar-refractivity contribution is -0.121. The quantitative estimate of drug-likeness (QED) is 0.582. The Labute approximate surface area is 161 Å². The highest BCUT2D eigenvalue weighted by Gasteiger charge is 2.14. The Hall–Kier alpha value is -3.67. The molecule has 28 heavy (non-hydrogen) atoms. The van der Waals surface area contributed by atoms with Gasteiger partial charge in [-0.15, -0.1) is 0 Å². The molecule has 0 aliphatic carbocycles. The molecule has 0 unspecified atom stereocenters. The number of nitrogens with one attached hydrogen (secondary N) is 1. The predicted molar refractivity (Wildman–Crippen MR) is 107 cm³/mol. The van der Waals surface area contributed by atoms with Crippen molar-refractivity contribution in [3.8, 4) is 11.3 Å². The van der Waals surface area contributed by atoms with Gasteiger partial charge in [0.2, 0.25) is 5.91 Å². The van der Waals surface area contributed by atoms with E-state index in [2.05, 4.69) is 10.3 Å². The third-order valence-electron chi connectivity index (χ3n) is 4.49. The summed E-state index contributed by atoms with van der Waals surface area (Å²) in [7, 11) is 0. The highest BCUT2D eigenvalue weighted by Crippen LogP contribution is 2.24. The summed E-state index contributed by atoms with van der Waals surface area (Å²) in [6.07, 6.45) is 0. The SMILES string of the molecule is Cc1ccc(CNC(=O)Cn2c(=O)nc(-c3ccccc3)c3ccccc32)o1. The molecule has 0 spiro atoms. The molecule has 0 saturated carbocycles. The Morgan fingerprint density at radius 3 is 2.54 bits per heavy atom. The van der Waals surface area contributed by atoms with Crippen LogP contribution < -0.4 is 11.0 Å². The summed E-state index contributed by atoms with van der Waals surface area (Å²) >= 11 is 0. The van der Waals surface area contributed by atoms with Crippen molar-refractivity contribution in [2.24, 2.45) is 0 Å². The van der Waals surface area contributed by atoms with E-state index in [0.29, 0.717) is 17.0 Å². The maximum absolute atomic E-state index is 12.7. The van der Waals surface area contributed by atoms with Crippen molar-refractivity contribution in [2.75, 3.05) is 0 Å². The predicted octanol–water partition coefficient (Wildman–Crippen LogP) is 3.28. The van der Waals surface area contributed by atoms with E-state index < -0.39 is 5.69 Å². The second-order valence-corrected chi connectivity index (χ2v) is 6.50. The third kappa shape index (κ3) is 3.57. The Bertz CT molecular complexity index is 1190. The van der Waals surface area contributed by atoms with Crippen LogP contribution in [0.1, 0.15) is 11.5 Å². The molecule has 0 fully saturated rings. The number of amides is 1. The summed E-state index contributed by atoms with van der Waals surface area (Å²) in [5.74, 6) is 1.17. The van der Waals surface area contributed by atoms with Gasteiger partial charge >= 0.3 is 5.69 Å². The average molecular weight is 373 g/mol. The van der Waals surface area contributed by atoms with Crippen molar-refractivity contribution >= 4 is 16.8 Å². The number of hydrogen-bond donors (Lipinski definition) is 1. The fourth-order valence-electron chi connectivity index (χ4n) is 3.16. The van der Waals surface area contributed by atoms with Crippen LogP contribution in [0.15, 0.2) is 75.9 Å². The van der Waals surface area contributed by atoms with Gasteiger partial charge in [0.05, 0.1) is 17.8 Å². The normalized spacial score (nSPS) is 10.9. The molecule has 140 valence electrons. The second-order valence-electron chi connectivity index (χ2n) is 6.50. The Kier molecular flexibility index (Phi) is 4.76. The Balaban J connectivity index is 1.65. The molecular formula is C22H19N3O3. The molecule has 2 aromatic heterocycles. The molecule has 1 amide bonds. The minimum Gasteiger partial charge on any atom is -0.465 e. The number of benzene rings is 2. The molecule has 0 radical (unpaired) electrons. The molecule has 4 rings (SSSR count). The van der Waals surface area contributed by atoms with Crippen LogP contribution in [0.5, 0.6) is 0 Å². The van der Waals surface area contributed by atoms with Crippen LogP contribution >= 0.6 is 0 Å². The molecule has 4 aromatic rings. The zero-order valence-corrected chi connectivity index (χ0v) is 15.4. The zero-order chi connectivity index (χ0) is 19.5. The summed E-state index contributed by atoms with van der Waals surface area (Å²) in [4.78, 5) is 29.4. The number of hydrogen-bond acceptors (Lipinski definition) is 4. The fraction of sp³-hybridized carbons (Fsp3) is 0.136. The Morgan fingerprint density at radius 2 is 1.79 bits per heavy atom. The van der Waals surface area contributed by atoms with E-state index >= 15 is 0 Å². The molecule has 1 N–H and O–H groups in total. The monoisotopic (exact) mass is 373 g/mol. The minimum atomic E-state index is -0.457. The van der Waals surface area contributed by atoms with Crippen molar-refractivity contribution in [1.82, 2.24) is 14.9 Å². The fourth-order valence-corrected chi connectivity index (χ4v) is 3.16. The molecule has 2 aromatic carbocycles. The molecule has 6 nitrogen and oxygen atoms in total. The number of fused-ring (bicyclic) bond motifs is 1. The van der Waals surface area contributed by atoms with Gasteiger partial charge in [-0.3, -0.25) is 9.36 Å². The van der Waals surface area contributed by atoms with E-state index in [4.69, 9.17) is 4.42 Å². The van der Waals surface area contributed by atoms with Crippen LogP contribution in [0.3, 0.4) is 0 Å². The molecule has 0 atom stereocenters.